The number of rotatable bonds is 5. The molecular formula is C24H23F3N4O2. The van der Waals surface area contributed by atoms with Crippen LogP contribution in [0.3, 0.4) is 0 Å². The molecule has 0 saturated carbocycles. The molecule has 0 aliphatic carbocycles. The molecule has 2 amide bonds. The van der Waals surface area contributed by atoms with Crippen LogP contribution in [-0.4, -0.2) is 49.1 Å². The molecule has 1 spiro atoms. The fourth-order valence-corrected chi connectivity index (χ4v) is 4.79. The summed E-state index contributed by atoms with van der Waals surface area (Å²) < 4.78 is 37.5. The second-order valence-electron chi connectivity index (χ2n) is 8.44. The minimum atomic E-state index is -4.54. The molecule has 33 heavy (non-hydrogen) atoms. The first-order valence-corrected chi connectivity index (χ1v) is 10.7. The summed E-state index contributed by atoms with van der Waals surface area (Å²) in [6.07, 6.45) is -3.61. The zero-order valence-electron chi connectivity index (χ0n) is 17.9. The molecule has 2 heterocycles. The lowest BCUT2D eigenvalue weighted by Gasteiger charge is -2.38. The van der Waals surface area contributed by atoms with E-state index in [9.17, 15) is 28.0 Å². The van der Waals surface area contributed by atoms with Gasteiger partial charge in [-0.2, -0.15) is 18.4 Å². The van der Waals surface area contributed by atoms with Gasteiger partial charge >= 0.3 is 6.18 Å². The Labute approximate surface area is 189 Å². The van der Waals surface area contributed by atoms with Gasteiger partial charge in [0, 0.05) is 17.8 Å². The number of carbonyl (C=O) groups is 2. The average molecular weight is 456 g/mol. The number of anilines is 1. The van der Waals surface area contributed by atoms with E-state index >= 15 is 0 Å². The quantitative estimate of drug-likeness (QED) is 0.750. The zero-order chi connectivity index (χ0) is 23.6. The molecule has 6 nitrogen and oxygen atoms in total. The number of nitriles is 1. The number of carbonyl (C=O) groups excluding carboxylic acids is 2. The van der Waals surface area contributed by atoms with E-state index in [4.69, 9.17) is 0 Å². The molecule has 1 N–H and O–H groups in total. The first kappa shape index (κ1) is 22.8. The zero-order valence-corrected chi connectivity index (χ0v) is 17.9. The molecule has 1 fully saturated rings. The minimum absolute atomic E-state index is 0.332. The maximum Gasteiger partial charge on any atom is 0.405 e. The maximum absolute atomic E-state index is 13.6. The van der Waals surface area contributed by atoms with Gasteiger partial charge in [0.05, 0.1) is 17.0 Å². The summed E-state index contributed by atoms with van der Waals surface area (Å²) >= 11 is 0. The number of halogens is 3. The third-order valence-corrected chi connectivity index (χ3v) is 6.33. The lowest BCUT2D eigenvalue weighted by atomic mass is 9.72. The molecule has 9 heteroatoms. The van der Waals surface area contributed by atoms with E-state index in [0.717, 1.165) is 12.1 Å². The van der Waals surface area contributed by atoms with Crippen molar-refractivity contribution >= 4 is 17.5 Å². The number of hydrogen-bond donors (Lipinski definition) is 1. The molecule has 2 aliphatic heterocycles. The van der Waals surface area contributed by atoms with Crippen molar-refractivity contribution in [3.05, 3.63) is 65.2 Å². The van der Waals surface area contributed by atoms with Gasteiger partial charge in [-0.05, 0) is 43.6 Å². The molecule has 2 aromatic rings. The largest absolute Gasteiger partial charge is 0.405 e. The van der Waals surface area contributed by atoms with Crippen LogP contribution in [0.1, 0.15) is 29.5 Å². The highest BCUT2D eigenvalue weighted by molar-refractivity contribution is 6.11. The second kappa shape index (κ2) is 8.87. The van der Waals surface area contributed by atoms with Crippen molar-refractivity contribution in [2.45, 2.75) is 31.0 Å². The summed E-state index contributed by atoms with van der Waals surface area (Å²) in [4.78, 5) is 29.3. The van der Waals surface area contributed by atoms with E-state index in [1.807, 2.05) is 35.6 Å². The molecule has 0 atom stereocenters. The van der Waals surface area contributed by atoms with Crippen molar-refractivity contribution in [1.82, 2.24) is 10.2 Å². The highest BCUT2D eigenvalue weighted by atomic mass is 19.4. The molecule has 2 aliphatic rings. The van der Waals surface area contributed by atoms with E-state index in [1.54, 1.807) is 18.2 Å². The van der Waals surface area contributed by atoms with E-state index in [2.05, 4.69) is 11.0 Å². The number of benzene rings is 2. The predicted molar refractivity (Wildman–Crippen MR) is 115 cm³/mol. The second-order valence-corrected chi connectivity index (χ2v) is 8.44. The normalized spacial score (nSPS) is 17.6. The summed E-state index contributed by atoms with van der Waals surface area (Å²) in [5.41, 5.74) is 1.57. The number of piperidine rings is 1. The van der Waals surface area contributed by atoms with Gasteiger partial charge in [-0.15, -0.1) is 0 Å². The van der Waals surface area contributed by atoms with E-state index in [0.29, 0.717) is 42.7 Å². The Hall–Kier alpha value is -3.38. The average Bonchev–Trinajstić information content (AvgIpc) is 3.02. The van der Waals surface area contributed by atoms with Gasteiger partial charge in [0.1, 0.15) is 13.1 Å². The highest BCUT2D eigenvalue weighted by Gasteiger charge is 2.53. The van der Waals surface area contributed by atoms with E-state index < -0.39 is 30.6 Å². The molecule has 0 aromatic heterocycles. The van der Waals surface area contributed by atoms with Gasteiger partial charge in [-0.25, -0.2) is 0 Å². The van der Waals surface area contributed by atoms with E-state index in [1.165, 1.54) is 4.90 Å². The number of alkyl halides is 3. The molecule has 172 valence electrons. The Kier molecular flexibility index (Phi) is 6.13. The van der Waals surface area contributed by atoms with E-state index in [-0.39, 0.29) is 5.91 Å². The van der Waals surface area contributed by atoms with Gasteiger partial charge in [-0.3, -0.25) is 14.5 Å². The summed E-state index contributed by atoms with van der Waals surface area (Å²) in [7, 11) is 0. The number of likely N-dealkylation sites (tertiary alicyclic amines) is 1. The molecule has 0 radical (unpaired) electrons. The van der Waals surface area contributed by atoms with Crippen molar-refractivity contribution in [2.24, 2.45) is 0 Å². The van der Waals surface area contributed by atoms with Crippen LogP contribution in [0.4, 0.5) is 18.9 Å². The van der Waals surface area contributed by atoms with Crippen molar-refractivity contribution in [3.63, 3.8) is 0 Å². The Morgan fingerprint density at radius 3 is 2.42 bits per heavy atom. The first-order valence-electron chi connectivity index (χ1n) is 10.7. The van der Waals surface area contributed by atoms with Crippen LogP contribution in [0, 0.1) is 11.3 Å². The monoisotopic (exact) mass is 456 g/mol. The molecule has 0 bridgehead atoms. The molecule has 0 unspecified atom stereocenters. The summed E-state index contributed by atoms with van der Waals surface area (Å²) in [6, 6.07) is 17.0. The number of amides is 2. The van der Waals surface area contributed by atoms with Gasteiger partial charge in [0.15, 0.2) is 0 Å². The molecule has 1 saturated heterocycles. The standard InChI is InChI=1S/C24H23F3N4O2/c25-24(26,27)16-29-20(32)15-31-19-8-4-7-18(13-28)21(19)23(22(31)33)9-11-30(12-10-23)14-17-5-2-1-3-6-17/h1-8H,9-12,14-16H2,(H,29,32). The lowest BCUT2D eigenvalue weighted by Crippen LogP contribution is -2.50. The van der Waals surface area contributed by atoms with Crippen LogP contribution in [0.15, 0.2) is 48.5 Å². The van der Waals surface area contributed by atoms with Crippen molar-refractivity contribution in [3.8, 4) is 6.07 Å². The Bertz CT molecular complexity index is 1090. The van der Waals surface area contributed by atoms with Gasteiger partial charge in [-0.1, -0.05) is 36.4 Å². The first-order chi connectivity index (χ1) is 15.7. The molecule has 4 rings (SSSR count). The summed E-state index contributed by atoms with van der Waals surface area (Å²) in [5.74, 6) is -1.23. The fraction of sp³-hybridized carbons (Fsp3) is 0.375. The smallest absolute Gasteiger partial charge is 0.345 e. The lowest BCUT2D eigenvalue weighted by molar-refractivity contribution is -0.138. The van der Waals surface area contributed by atoms with Crippen molar-refractivity contribution < 1.29 is 22.8 Å². The van der Waals surface area contributed by atoms with Crippen LogP contribution in [0.5, 0.6) is 0 Å². The predicted octanol–water partition coefficient (Wildman–Crippen LogP) is 3.12. The SMILES string of the molecule is N#Cc1cccc2c1C1(CCN(Cc3ccccc3)CC1)C(=O)N2CC(=O)NCC(F)(F)F. The Balaban J connectivity index is 1.56. The third-order valence-electron chi connectivity index (χ3n) is 6.33. The third kappa shape index (κ3) is 4.57. The fourth-order valence-electron chi connectivity index (χ4n) is 4.79. The van der Waals surface area contributed by atoms with Gasteiger partial charge < -0.3 is 10.2 Å². The molecule has 2 aromatic carbocycles. The van der Waals surface area contributed by atoms with Crippen molar-refractivity contribution in [2.75, 3.05) is 31.1 Å². The topological polar surface area (TPSA) is 76.4 Å². The minimum Gasteiger partial charge on any atom is -0.345 e. The van der Waals surface area contributed by atoms with Crippen LogP contribution in [0.25, 0.3) is 0 Å². The summed E-state index contributed by atoms with van der Waals surface area (Å²) in [6.45, 7) is -0.00581. The van der Waals surface area contributed by atoms with Gasteiger partial charge in [0.2, 0.25) is 11.8 Å². The summed E-state index contributed by atoms with van der Waals surface area (Å²) in [5, 5.41) is 11.5. The van der Waals surface area contributed by atoms with Crippen molar-refractivity contribution in [1.29, 1.82) is 5.26 Å². The maximum atomic E-state index is 13.6. The van der Waals surface area contributed by atoms with Gasteiger partial charge in [0.25, 0.3) is 0 Å². The van der Waals surface area contributed by atoms with Crippen LogP contribution in [-0.2, 0) is 21.5 Å². The number of hydrogen-bond acceptors (Lipinski definition) is 4. The number of nitrogens with one attached hydrogen (secondary N) is 1. The van der Waals surface area contributed by atoms with Crippen LogP contribution >= 0.6 is 0 Å². The molecular weight excluding hydrogens is 433 g/mol. The highest BCUT2D eigenvalue weighted by Crippen LogP contribution is 2.49. The number of fused-ring (bicyclic) bond motifs is 2. The Morgan fingerprint density at radius 1 is 1.09 bits per heavy atom. The Morgan fingerprint density at radius 2 is 1.79 bits per heavy atom. The van der Waals surface area contributed by atoms with Crippen LogP contribution < -0.4 is 10.2 Å². The number of nitrogens with zero attached hydrogens (tertiary/aromatic N) is 3. The van der Waals surface area contributed by atoms with Crippen LogP contribution in [0.2, 0.25) is 0 Å².